The van der Waals surface area contributed by atoms with Gasteiger partial charge in [-0.25, -0.2) is 4.79 Å². The summed E-state index contributed by atoms with van der Waals surface area (Å²) in [6, 6.07) is 11.6. The maximum absolute atomic E-state index is 12.2. The van der Waals surface area contributed by atoms with Gasteiger partial charge < -0.3 is 19.5 Å². The van der Waals surface area contributed by atoms with Gasteiger partial charge in [-0.15, -0.1) is 0 Å². The van der Waals surface area contributed by atoms with Crippen LogP contribution in [0.3, 0.4) is 0 Å². The number of carbonyl (C=O) groups excluding carboxylic acids is 2. The Morgan fingerprint density at radius 3 is 2.59 bits per heavy atom. The van der Waals surface area contributed by atoms with E-state index in [1.54, 1.807) is 30.3 Å². The first-order valence-electron chi connectivity index (χ1n) is 8.47. The van der Waals surface area contributed by atoms with Crippen LogP contribution in [-0.4, -0.2) is 32.2 Å². The number of halogens is 1. The quantitative estimate of drug-likeness (QED) is 0.693. The Labute approximate surface area is 163 Å². The summed E-state index contributed by atoms with van der Waals surface area (Å²) in [5, 5.41) is 3.35. The summed E-state index contributed by atoms with van der Waals surface area (Å²) in [6.45, 7) is 3.76. The third kappa shape index (κ3) is 5.89. The van der Waals surface area contributed by atoms with Crippen LogP contribution < -0.4 is 14.8 Å². The van der Waals surface area contributed by atoms with Crippen LogP contribution >= 0.6 is 11.6 Å². The van der Waals surface area contributed by atoms with Gasteiger partial charge in [-0.05, 0) is 49.7 Å². The van der Waals surface area contributed by atoms with Crippen molar-refractivity contribution in [1.29, 1.82) is 0 Å². The minimum absolute atomic E-state index is 0.263. The number of amides is 1. The molecule has 0 aromatic heterocycles. The van der Waals surface area contributed by atoms with Gasteiger partial charge in [0.25, 0.3) is 5.91 Å². The number of ether oxygens (including phenoxy) is 3. The highest BCUT2D eigenvalue weighted by Crippen LogP contribution is 2.28. The maximum atomic E-state index is 12.2. The number of nitrogens with one attached hydrogen (secondary N) is 1. The van der Waals surface area contributed by atoms with Gasteiger partial charge in [-0.1, -0.05) is 23.7 Å². The predicted molar refractivity (Wildman–Crippen MR) is 102 cm³/mol. The molecule has 27 heavy (non-hydrogen) atoms. The van der Waals surface area contributed by atoms with E-state index in [1.807, 2.05) is 19.9 Å². The van der Waals surface area contributed by atoms with Crippen LogP contribution in [0.5, 0.6) is 11.5 Å². The summed E-state index contributed by atoms with van der Waals surface area (Å²) in [5.74, 6) is -0.0781. The lowest BCUT2D eigenvalue weighted by Crippen LogP contribution is -2.31. The molecule has 0 unspecified atom stereocenters. The van der Waals surface area contributed by atoms with Crippen molar-refractivity contribution in [2.75, 3.05) is 20.3 Å². The summed E-state index contributed by atoms with van der Waals surface area (Å²) in [5.41, 5.74) is 1.13. The van der Waals surface area contributed by atoms with Crippen LogP contribution in [0.1, 0.15) is 35.8 Å². The van der Waals surface area contributed by atoms with E-state index in [2.05, 4.69) is 5.32 Å². The molecule has 144 valence electrons. The highest BCUT2D eigenvalue weighted by Gasteiger charge is 2.15. The standard InChI is InChI=1S/C20H22ClNO5/c1-4-26-17-9-8-15(11-18(17)25-3)20(24)27-12-19(23)22-13(2)14-6-5-7-16(21)10-14/h5-11,13H,4,12H2,1-3H3,(H,22,23)/t13-/m1/s1. The van der Waals surface area contributed by atoms with Gasteiger partial charge in [0.05, 0.1) is 25.3 Å². The molecule has 0 bridgehead atoms. The Balaban J connectivity index is 1.92. The molecule has 1 amide bonds. The summed E-state index contributed by atoms with van der Waals surface area (Å²) < 4.78 is 15.7. The normalized spacial score (nSPS) is 11.4. The molecular weight excluding hydrogens is 370 g/mol. The number of benzene rings is 2. The van der Waals surface area contributed by atoms with Gasteiger partial charge in [0.1, 0.15) is 0 Å². The summed E-state index contributed by atoms with van der Waals surface area (Å²) in [7, 11) is 1.48. The van der Waals surface area contributed by atoms with Gasteiger partial charge in [-0.2, -0.15) is 0 Å². The number of hydrogen-bond acceptors (Lipinski definition) is 5. The first-order valence-corrected chi connectivity index (χ1v) is 8.85. The maximum Gasteiger partial charge on any atom is 0.338 e. The number of esters is 1. The minimum atomic E-state index is -0.623. The second kappa shape index (κ2) is 9.83. The van der Waals surface area contributed by atoms with E-state index in [0.717, 1.165) is 5.56 Å². The van der Waals surface area contributed by atoms with Crippen LogP contribution in [-0.2, 0) is 9.53 Å². The third-order valence-electron chi connectivity index (χ3n) is 3.76. The highest BCUT2D eigenvalue weighted by atomic mass is 35.5. The molecule has 0 fully saturated rings. The van der Waals surface area contributed by atoms with Gasteiger partial charge in [-0.3, -0.25) is 4.79 Å². The number of rotatable bonds is 8. The molecule has 0 aliphatic heterocycles. The zero-order chi connectivity index (χ0) is 19.8. The Kier molecular flexibility index (Phi) is 7.49. The van der Waals surface area contributed by atoms with E-state index in [1.165, 1.54) is 13.2 Å². The van der Waals surface area contributed by atoms with Crippen LogP contribution in [0, 0.1) is 0 Å². The van der Waals surface area contributed by atoms with E-state index in [-0.39, 0.29) is 18.2 Å². The average Bonchev–Trinajstić information content (AvgIpc) is 2.66. The first-order chi connectivity index (χ1) is 12.9. The predicted octanol–water partition coefficient (Wildman–Crippen LogP) is 3.78. The molecule has 2 aromatic carbocycles. The van der Waals surface area contributed by atoms with Crippen molar-refractivity contribution in [3.05, 3.63) is 58.6 Å². The first kappa shape index (κ1) is 20.6. The summed E-state index contributed by atoms with van der Waals surface area (Å²) in [6.07, 6.45) is 0. The van der Waals surface area contributed by atoms with Gasteiger partial charge in [0.15, 0.2) is 18.1 Å². The molecule has 0 saturated heterocycles. The molecule has 6 nitrogen and oxygen atoms in total. The fraction of sp³-hybridized carbons (Fsp3) is 0.300. The number of methoxy groups -OCH3 is 1. The van der Waals surface area contributed by atoms with Crippen LogP contribution in [0.25, 0.3) is 0 Å². The lowest BCUT2D eigenvalue weighted by atomic mass is 10.1. The molecule has 1 N–H and O–H groups in total. The van der Waals surface area contributed by atoms with E-state index in [4.69, 9.17) is 25.8 Å². The molecule has 0 spiro atoms. The van der Waals surface area contributed by atoms with Crippen LogP contribution in [0.4, 0.5) is 0 Å². The smallest absolute Gasteiger partial charge is 0.338 e. The zero-order valence-corrected chi connectivity index (χ0v) is 16.2. The molecule has 1 atom stereocenters. The Bertz CT molecular complexity index is 809. The van der Waals surface area contributed by atoms with Gasteiger partial charge in [0, 0.05) is 5.02 Å². The van der Waals surface area contributed by atoms with Crippen molar-refractivity contribution in [1.82, 2.24) is 5.32 Å². The van der Waals surface area contributed by atoms with E-state index < -0.39 is 11.9 Å². The molecule has 2 aromatic rings. The molecular formula is C20H22ClNO5. The van der Waals surface area contributed by atoms with Gasteiger partial charge >= 0.3 is 5.97 Å². The third-order valence-corrected chi connectivity index (χ3v) is 3.99. The molecule has 7 heteroatoms. The van der Waals surface area contributed by atoms with Gasteiger partial charge in [0.2, 0.25) is 0 Å². The Hall–Kier alpha value is -2.73. The fourth-order valence-electron chi connectivity index (χ4n) is 2.43. The molecule has 0 saturated carbocycles. The average molecular weight is 392 g/mol. The van der Waals surface area contributed by atoms with Crippen molar-refractivity contribution < 1.29 is 23.8 Å². The molecule has 0 radical (unpaired) electrons. The van der Waals surface area contributed by atoms with E-state index >= 15 is 0 Å². The number of carbonyl (C=O) groups is 2. The Morgan fingerprint density at radius 2 is 1.93 bits per heavy atom. The second-order valence-electron chi connectivity index (χ2n) is 5.72. The molecule has 0 aliphatic carbocycles. The Morgan fingerprint density at radius 1 is 1.15 bits per heavy atom. The monoisotopic (exact) mass is 391 g/mol. The van der Waals surface area contributed by atoms with Crippen LogP contribution in [0.2, 0.25) is 5.02 Å². The van der Waals surface area contributed by atoms with E-state index in [0.29, 0.717) is 23.1 Å². The SMILES string of the molecule is CCOc1ccc(C(=O)OCC(=O)N[C@H](C)c2cccc(Cl)c2)cc1OC. The van der Waals surface area contributed by atoms with E-state index in [9.17, 15) is 9.59 Å². The lowest BCUT2D eigenvalue weighted by Gasteiger charge is -2.15. The lowest BCUT2D eigenvalue weighted by molar-refractivity contribution is -0.124. The minimum Gasteiger partial charge on any atom is -0.493 e. The summed E-state index contributed by atoms with van der Waals surface area (Å²) >= 11 is 5.95. The summed E-state index contributed by atoms with van der Waals surface area (Å²) in [4.78, 5) is 24.2. The largest absolute Gasteiger partial charge is 0.493 e. The highest BCUT2D eigenvalue weighted by molar-refractivity contribution is 6.30. The fourth-order valence-corrected chi connectivity index (χ4v) is 2.62. The van der Waals surface area contributed by atoms with Crippen molar-refractivity contribution in [3.63, 3.8) is 0 Å². The second-order valence-corrected chi connectivity index (χ2v) is 6.16. The topological polar surface area (TPSA) is 73.9 Å². The zero-order valence-electron chi connectivity index (χ0n) is 15.5. The molecule has 0 heterocycles. The van der Waals surface area contributed by atoms with Crippen molar-refractivity contribution in [2.45, 2.75) is 19.9 Å². The van der Waals surface area contributed by atoms with Crippen LogP contribution in [0.15, 0.2) is 42.5 Å². The van der Waals surface area contributed by atoms with Crippen molar-refractivity contribution in [2.24, 2.45) is 0 Å². The number of hydrogen-bond donors (Lipinski definition) is 1. The molecule has 2 rings (SSSR count). The molecule has 0 aliphatic rings. The van der Waals surface area contributed by atoms with Crippen molar-refractivity contribution >= 4 is 23.5 Å². The van der Waals surface area contributed by atoms with Crippen molar-refractivity contribution in [3.8, 4) is 11.5 Å².